The van der Waals surface area contributed by atoms with Gasteiger partial charge in [0.1, 0.15) is 0 Å². The van der Waals surface area contributed by atoms with Gasteiger partial charge in [0.2, 0.25) is 5.91 Å². The van der Waals surface area contributed by atoms with Gasteiger partial charge in [0.25, 0.3) is 5.91 Å². The number of anilines is 2. The van der Waals surface area contributed by atoms with Crippen LogP contribution in [0.3, 0.4) is 0 Å². The van der Waals surface area contributed by atoms with Crippen molar-refractivity contribution in [2.45, 2.75) is 33.2 Å². The molecule has 0 bridgehead atoms. The molecule has 0 aliphatic rings. The highest BCUT2D eigenvalue weighted by atomic mass is 16.2. The van der Waals surface area contributed by atoms with Crippen LogP contribution in [-0.2, 0) is 11.2 Å². The fraction of sp³-hybridized carbons (Fsp3) is 0.368. The zero-order chi connectivity index (χ0) is 20.0. The summed E-state index contributed by atoms with van der Waals surface area (Å²) in [7, 11) is 1.75. The van der Waals surface area contributed by atoms with Crippen molar-refractivity contribution in [1.82, 2.24) is 20.6 Å². The van der Waals surface area contributed by atoms with Crippen molar-refractivity contribution < 1.29 is 9.59 Å². The summed E-state index contributed by atoms with van der Waals surface area (Å²) in [6.45, 7) is 5.94. The Kier molecular flexibility index (Phi) is 6.84. The maximum Gasteiger partial charge on any atom is 0.271 e. The fourth-order valence-electron chi connectivity index (χ4n) is 2.42. The predicted octanol–water partition coefficient (Wildman–Crippen LogP) is 1.20. The Morgan fingerprint density at radius 2 is 1.89 bits per heavy atom. The topological polar surface area (TPSA) is 122 Å². The van der Waals surface area contributed by atoms with Gasteiger partial charge >= 0.3 is 0 Å². The number of aryl methyl sites for hydroxylation is 2. The van der Waals surface area contributed by atoms with Crippen molar-refractivity contribution in [2.75, 3.05) is 18.9 Å². The van der Waals surface area contributed by atoms with Crippen LogP contribution in [0.5, 0.6) is 0 Å². The molecule has 1 atom stereocenters. The Bertz CT molecular complexity index is 837. The number of nitrogens with one attached hydrogen (secondary N) is 3. The minimum absolute atomic E-state index is 0.0386. The smallest absolute Gasteiger partial charge is 0.271 e. The molecule has 5 N–H and O–H groups in total. The monoisotopic (exact) mass is 370 g/mol. The lowest BCUT2D eigenvalue weighted by molar-refractivity contribution is -0.122. The molecule has 144 valence electrons. The second-order valence-corrected chi connectivity index (χ2v) is 6.33. The Labute approximate surface area is 159 Å². The Balaban J connectivity index is 2.09. The molecular weight excluding hydrogens is 344 g/mol. The molecule has 27 heavy (non-hydrogen) atoms. The van der Waals surface area contributed by atoms with E-state index in [-0.39, 0.29) is 17.6 Å². The summed E-state index contributed by atoms with van der Waals surface area (Å²) < 4.78 is 0. The van der Waals surface area contributed by atoms with E-state index < -0.39 is 5.91 Å². The molecule has 2 rings (SSSR count). The van der Waals surface area contributed by atoms with Crippen molar-refractivity contribution >= 4 is 23.3 Å². The summed E-state index contributed by atoms with van der Waals surface area (Å²) in [5, 5.41) is 8.90. The number of nitrogens with zero attached hydrogens (tertiary/aromatic N) is 2. The van der Waals surface area contributed by atoms with Gasteiger partial charge in [-0.15, -0.1) is 0 Å². The number of benzene rings is 1. The standard InChI is InChI=1S/C19H26N6O2/c1-11-12(2)24-18(16(23-11)17(20)26)25-15-7-5-6-14(10-15)8-9-22-19(27)13(3)21-4/h5-7,10,13,21H,8-9H2,1-4H3,(H2,20,26)(H,22,27)(H,24,25)/t13-/m0/s1. The van der Waals surface area contributed by atoms with Crippen molar-refractivity contribution in [1.29, 1.82) is 0 Å². The van der Waals surface area contributed by atoms with E-state index >= 15 is 0 Å². The third kappa shape index (κ3) is 5.49. The molecule has 0 saturated heterocycles. The van der Waals surface area contributed by atoms with E-state index in [1.54, 1.807) is 20.9 Å². The lowest BCUT2D eigenvalue weighted by Gasteiger charge is -2.13. The van der Waals surface area contributed by atoms with Crippen LogP contribution in [0.15, 0.2) is 24.3 Å². The third-order valence-electron chi connectivity index (χ3n) is 4.27. The maximum absolute atomic E-state index is 11.8. The van der Waals surface area contributed by atoms with Crippen molar-refractivity contribution in [3.8, 4) is 0 Å². The number of primary amides is 1. The van der Waals surface area contributed by atoms with Crippen molar-refractivity contribution in [2.24, 2.45) is 5.73 Å². The molecule has 0 aliphatic heterocycles. The van der Waals surface area contributed by atoms with Crippen LogP contribution in [0.25, 0.3) is 0 Å². The van der Waals surface area contributed by atoms with E-state index in [0.717, 1.165) is 16.9 Å². The largest absolute Gasteiger partial charge is 0.364 e. The summed E-state index contributed by atoms with van der Waals surface area (Å²) in [5.41, 5.74) is 8.72. The first-order valence-corrected chi connectivity index (χ1v) is 8.77. The maximum atomic E-state index is 11.8. The summed E-state index contributed by atoms with van der Waals surface area (Å²) in [5.74, 6) is -0.340. The summed E-state index contributed by atoms with van der Waals surface area (Å²) in [6.07, 6.45) is 0.680. The Morgan fingerprint density at radius 1 is 1.19 bits per heavy atom. The molecule has 0 fully saturated rings. The number of hydrogen-bond donors (Lipinski definition) is 4. The first-order chi connectivity index (χ1) is 12.8. The van der Waals surface area contributed by atoms with Gasteiger partial charge in [0, 0.05) is 12.2 Å². The highest BCUT2D eigenvalue weighted by Gasteiger charge is 2.14. The van der Waals surface area contributed by atoms with Crippen LogP contribution < -0.4 is 21.7 Å². The number of amides is 2. The molecule has 0 radical (unpaired) electrons. The second-order valence-electron chi connectivity index (χ2n) is 6.33. The zero-order valence-corrected chi connectivity index (χ0v) is 16.1. The SMILES string of the molecule is CN[C@@H](C)C(=O)NCCc1cccc(Nc2nc(C)c(C)nc2C(N)=O)c1. The van der Waals surface area contributed by atoms with Gasteiger partial charge < -0.3 is 21.7 Å². The molecule has 8 nitrogen and oxygen atoms in total. The van der Waals surface area contributed by atoms with E-state index in [1.165, 1.54) is 0 Å². The molecule has 8 heteroatoms. The van der Waals surface area contributed by atoms with E-state index in [4.69, 9.17) is 5.73 Å². The number of rotatable bonds is 8. The predicted molar refractivity (Wildman–Crippen MR) is 105 cm³/mol. The minimum atomic E-state index is -0.634. The number of aromatic nitrogens is 2. The number of likely N-dealkylation sites (N-methyl/N-ethyl adjacent to an activating group) is 1. The van der Waals surface area contributed by atoms with Crippen LogP contribution in [0.1, 0.15) is 34.4 Å². The van der Waals surface area contributed by atoms with Gasteiger partial charge in [-0.25, -0.2) is 9.97 Å². The molecular formula is C19H26N6O2. The third-order valence-corrected chi connectivity index (χ3v) is 4.27. The molecule has 2 aromatic rings. The molecule has 1 aromatic carbocycles. The van der Waals surface area contributed by atoms with Gasteiger partial charge in [-0.05, 0) is 51.9 Å². The van der Waals surface area contributed by atoms with Gasteiger partial charge in [-0.3, -0.25) is 9.59 Å². The average molecular weight is 370 g/mol. The quantitative estimate of drug-likeness (QED) is 0.554. The minimum Gasteiger partial charge on any atom is -0.364 e. The lowest BCUT2D eigenvalue weighted by atomic mass is 10.1. The number of carbonyl (C=O) groups is 2. The summed E-state index contributed by atoms with van der Waals surface area (Å²) in [6, 6.07) is 7.45. The number of nitrogens with two attached hydrogens (primary N) is 1. The van der Waals surface area contributed by atoms with Gasteiger partial charge in [0.05, 0.1) is 17.4 Å². The summed E-state index contributed by atoms with van der Waals surface area (Å²) >= 11 is 0. The molecule has 1 aromatic heterocycles. The van der Waals surface area contributed by atoms with Crippen molar-refractivity contribution in [3.63, 3.8) is 0 Å². The van der Waals surface area contributed by atoms with Crippen LogP contribution in [0.2, 0.25) is 0 Å². The molecule has 1 heterocycles. The first kappa shape index (κ1) is 20.3. The van der Waals surface area contributed by atoms with Crippen LogP contribution >= 0.6 is 0 Å². The van der Waals surface area contributed by atoms with Gasteiger partial charge in [-0.2, -0.15) is 0 Å². The first-order valence-electron chi connectivity index (χ1n) is 8.77. The fourth-order valence-corrected chi connectivity index (χ4v) is 2.42. The highest BCUT2D eigenvalue weighted by Crippen LogP contribution is 2.20. The van der Waals surface area contributed by atoms with Crippen LogP contribution in [0.4, 0.5) is 11.5 Å². The molecule has 0 aliphatic carbocycles. The normalized spacial score (nSPS) is 11.7. The van der Waals surface area contributed by atoms with Crippen LogP contribution in [0, 0.1) is 13.8 Å². The number of carbonyl (C=O) groups excluding carboxylic acids is 2. The molecule has 0 spiro atoms. The van der Waals surface area contributed by atoms with E-state index in [2.05, 4.69) is 25.9 Å². The molecule has 2 amide bonds. The van der Waals surface area contributed by atoms with E-state index in [9.17, 15) is 9.59 Å². The van der Waals surface area contributed by atoms with Crippen molar-refractivity contribution in [3.05, 3.63) is 46.9 Å². The second kappa shape index (κ2) is 9.09. The molecule has 0 unspecified atom stereocenters. The average Bonchev–Trinajstić information content (AvgIpc) is 2.63. The highest BCUT2D eigenvalue weighted by molar-refractivity contribution is 5.96. The number of hydrogen-bond acceptors (Lipinski definition) is 6. The van der Waals surface area contributed by atoms with E-state index in [1.807, 2.05) is 31.2 Å². The van der Waals surface area contributed by atoms with Crippen LogP contribution in [-0.4, -0.2) is 41.4 Å². The van der Waals surface area contributed by atoms with Gasteiger partial charge in [0.15, 0.2) is 11.5 Å². The Hall–Kier alpha value is -3.00. The zero-order valence-electron chi connectivity index (χ0n) is 16.1. The van der Waals surface area contributed by atoms with E-state index in [0.29, 0.717) is 24.5 Å². The molecule has 0 saturated carbocycles. The van der Waals surface area contributed by atoms with Gasteiger partial charge in [-0.1, -0.05) is 12.1 Å². The lowest BCUT2D eigenvalue weighted by Crippen LogP contribution is -2.41. The Morgan fingerprint density at radius 3 is 2.56 bits per heavy atom. The summed E-state index contributed by atoms with van der Waals surface area (Å²) in [4.78, 5) is 32.1.